The third-order valence-electron chi connectivity index (χ3n) is 2.54. The van der Waals surface area contributed by atoms with Gasteiger partial charge in [0.2, 0.25) is 5.91 Å². The Morgan fingerprint density at radius 3 is 2.63 bits per heavy atom. The van der Waals surface area contributed by atoms with Gasteiger partial charge in [0.05, 0.1) is 25.8 Å². The fourth-order valence-corrected chi connectivity index (χ4v) is 1.94. The first-order valence-electron chi connectivity index (χ1n) is 6.00. The molecule has 0 heterocycles. The smallest absolute Gasteiger partial charge is 0.233 e. The summed E-state index contributed by atoms with van der Waals surface area (Å²) in [6.07, 6.45) is 0. The van der Waals surface area contributed by atoms with Crippen molar-refractivity contribution < 1.29 is 14.3 Å². The van der Waals surface area contributed by atoms with Gasteiger partial charge in [0.25, 0.3) is 0 Å². The van der Waals surface area contributed by atoms with E-state index in [1.807, 2.05) is 13.0 Å². The number of halogens is 1. The third-order valence-corrected chi connectivity index (χ3v) is 2.95. The Bertz CT molecular complexity index is 438. The number of methoxy groups -OCH3 is 2. The molecule has 1 aromatic rings. The number of carbonyl (C=O) groups excluding carboxylic acids is 1. The maximum absolute atomic E-state index is 11.3. The molecule has 0 aliphatic heterocycles. The summed E-state index contributed by atoms with van der Waals surface area (Å²) in [6, 6.07) is 3.63. The molecule has 0 bridgehead atoms. The lowest BCUT2D eigenvalue weighted by Crippen LogP contribution is -2.33. The first kappa shape index (κ1) is 15.6. The molecule has 1 rings (SSSR count). The minimum atomic E-state index is -0.0425. The average Bonchev–Trinajstić information content (AvgIpc) is 2.40. The predicted molar refractivity (Wildman–Crippen MR) is 74.9 cm³/mol. The number of nitrogens with one attached hydrogen (secondary N) is 2. The molecule has 0 aliphatic rings. The van der Waals surface area contributed by atoms with Crippen molar-refractivity contribution in [2.75, 3.05) is 27.3 Å². The molecule has 0 saturated carbocycles. The number of benzene rings is 1. The van der Waals surface area contributed by atoms with Gasteiger partial charge < -0.3 is 20.1 Å². The number of carbonyl (C=O) groups is 1. The van der Waals surface area contributed by atoms with Crippen molar-refractivity contribution in [1.82, 2.24) is 10.6 Å². The summed E-state index contributed by atoms with van der Waals surface area (Å²) < 4.78 is 10.4. The standard InChI is InChI=1S/C13H19ClN2O3/c1-4-16-11(17)8-15-7-9-5-6-10(18-2)13(19-3)12(9)14/h5-6,15H,4,7-8H2,1-3H3,(H,16,17). The van der Waals surface area contributed by atoms with E-state index in [0.29, 0.717) is 29.6 Å². The van der Waals surface area contributed by atoms with Crippen LogP contribution in [0, 0.1) is 0 Å². The van der Waals surface area contributed by atoms with E-state index in [-0.39, 0.29) is 12.5 Å². The van der Waals surface area contributed by atoms with Gasteiger partial charge in [-0.15, -0.1) is 0 Å². The van der Waals surface area contributed by atoms with Crippen LogP contribution < -0.4 is 20.1 Å². The van der Waals surface area contributed by atoms with Crippen LogP contribution >= 0.6 is 11.6 Å². The second kappa shape index (κ2) is 7.86. The molecule has 6 heteroatoms. The van der Waals surface area contributed by atoms with Gasteiger partial charge in [0.15, 0.2) is 11.5 Å². The van der Waals surface area contributed by atoms with Gasteiger partial charge in [0, 0.05) is 13.1 Å². The monoisotopic (exact) mass is 286 g/mol. The molecule has 0 fully saturated rings. The highest BCUT2D eigenvalue weighted by Gasteiger charge is 2.12. The van der Waals surface area contributed by atoms with E-state index in [1.54, 1.807) is 13.2 Å². The van der Waals surface area contributed by atoms with Crippen LogP contribution in [0.1, 0.15) is 12.5 Å². The minimum Gasteiger partial charge on any atom is -0.493 e. The van der Waals surface area contributed by atoms with Gasteiger partial charge >= 0.3 is 0 Å². The predicted octanol–water partition coefficient (Wildman–Crippen LogP) is 1.58. The number of hydrogen-bond donors (Lipinski definition) is 2. The molecule has 0 atom stereocenters. The summed E-state index contributed by atoms with van der Waals surface area (Å²) in [5, 5.41) is 6.22. The molecule has 0 aliphatic carbocycles. The topological polar surface area (TPSA) is 59.6 Å². The zero-order valence-corrected chi connectivity index (χ0v) is 12.1. The van der Waals surface area contributed by atoms with Crippen molar-refractivity contribution in [3.8, 4) is 11.5 Å². The van der Waals surface area contributed by atoms with Gasteiger partial charge in [-0.05, 0) is 18.6 Å². The zero-order valence-electron chi connectivity index (χ0n) is 11.4. The first-order chi connectivity index (χ1) is 9.13. The quantitative estimate of drug-likeness (QED) is 0.799. The molecule has 0 unspecified atom stereocenters. The van der Waals surface area contributed by atoms with E-state index < -0.39 is 0 Å². The number of likely N-dealkylation sites (N-methyl/N-ethyl adjacent to an activating group) is 1. The third kappa shape index (κ3) is 4.29. The van der Waals surface area contributed by atoms with Crippen LogP contribution in [-0.4, -0.2) is 33.2 Å². The van der Waals surface area contributed by atoms with Gasteiger partial charge in [-0.1, -0.05) is 17.7 Å². The van der Waals surface area contributed by atoms with Crippen molar-refractivity contribution in [2.24, 2.45) is 0 Å². The maximum atomic E-state index is 11.3. The summed E-state index contributed by atoms with van der Waals surface area (Å²) in [5.41, 5.74) is 0.851. The minimum absolute atomic E-state index is 0.0425. The highest BCUT2D eigenvalue weighted by atomic mass is 35.5. The lowest BCUT2D eigenvalue weighted by Gasteiger charge is -2.13. The van der Waals surface area contributed by atoms with Crippen molar-refractivity contribution in [1.29, 1.82) is 0 Å². The van der Waals surface area contributed by atoms with Gasteiger partial charge in [0.1, 0.15) is 0 Å². The van der Waals surface area contributed by atoms with Crippen LogP contribution in [0.5, 0.6) is 11.5 Å². The number of amides is 1. The summed E-state index contributed by atoms with van der Waals surface area (Å²) in [7, 11) is 3.09. The molecule has 2 N–H and O–H groups in total. The van der Waals surface area contributed by atoms with E-state index in [1.165, 1.54) is 7.11 Å². The average molecular weight is 287 g/mol. The molecule has 0 aromatic heterocycles. The Labute approximate surface area is 118 Å². The molecule has 106 valence electrons. The Balaban J connectivity index is 2.67. The van der Waals surface area contributed by atoms with Crippen LogP contribution in [0.25, 0.3) is 0 Å². The molecule has 0 saturated heterocycles. The van der Waals surface area contributed by atoms with Crippen molar-refractivity contribution in [3.63, 3.8) is 0 Å². The highest BCUT2D eigenvalue weighted by molar-refractivity contribution is 6.33. The van der Waals surface area contributed by atoms with E-state index in [0.717, 1.165) is 5.56 Å². The summed E-state index contributed by atoms with van der Waals surface area (Å²) in [5.74, 6) is 1.04. The second-order valence-corrected chi connectivity index (χ2v) is 4.21. The van der Waals surface area contributed by atoms with Gasteiger partial charge in [-0.25, -0.2) is 0 Å². The maximum Gasteiger partial charge on any atom is 0.233 e. The summed E-state index contributed by atoms with van der Waals surface area (Å²) >= 11 is 6.22. The molecular weight excluding hydrogens is 268 g/mol. The molecule has 1 amide bonds. The van der Waals surface area contributed by atoms with E-state index in [4.69, 9.17) is 21.1 Å². The number of ether oxygens (including phenoxy) is 2. The number of rotatable bonds is 7. The van der Waals surface area contributed by atoms with E-state index in [9.17, 15) is 4.79 Å². The van der Waals surface area contributed by atoms with Crippen molar-refractivity contribution >= 4 is 17.5 Å². The number of hydrogen-bond acceptors (Lipinski definition) is 4. The van der Waals surface area contributed by atoms with Crippen LogP contribution in [0.15, 0.2) is 12.1 Å². The largest absolute Gasteiger partial charge is 0.493 e. The molecular formula is C13H19ClN2O3. The van der Waals surface area contributed by atoms with Gasteiger partial charge in [-0.2, -0.15) is 0 Å². The normalized spacial score (nSPS) is 10.1. The van der Waals surface area contributed by atoms with Crippen LogP contribution in [-0.2, 0) is 11.3 Å². The lowest BCUT2D eigenvalue weighted by atomic mass is 10.2. The molecule has 0 radical (unpaired) electrons. The Morgan fingerprint density at radius 2 is 2.05 bits per heavy atom. The first-order valence-corrected chi connectivity index (χ1v) is 6.38. The highest BCUT2D eigenvalue weighted by Crippen LogP contribution is 2.37. The Hall–Kier alpha value is -1.46. The van der Waals surface area contributed by atoms with Crippen molar-refractivity contribution in [3.05, 3.63) is 22.7 Å². The van der Waals surface area contributed by atoms with Crippen LogP contribution in [0.2, 0.25) is 5.02 Å². The molecule has 0 spiro atoms. The Kier molecular flexibility index (Phi) is 6.45. The molecule has 19 heavy (non-hydrogen) atoms. The molecule has 5 nitrogen and oxygen atoms in total. The second-order valence-electron chi connectivity index (χ2n) is 3.83. The SMILES string of the molecule is CCNC(=O)CNCc1ccc(OC)c(OC)c1Cl. The van der Waals surface area contributed by atoms with Gasteiger partial charge in [-0.3, -0.25) is 4.79 Å². The summed E-state index contributed by atoms with van der Waals surface area (Å²) in [4.78, 5) is 11.3. The van der Waals surface area contributed by atoms with Crippen molar-refractivity contribution in [2.45, 2.75) is 13.5 Å². The lowest BCUT2D eigenvalue weighted by molar-refractivity contribution is -0.120. The molecule has 1 aromatic carbocycles. The van der Waals surface area contributed by atoms with Crippen LogP contribution in [0.3, 0.4) is 0 Å². The van der Waals surface area contributed by atoms with E-state index in [2.05, 4.69) is 10.6 Å². The summed E-state index contributed by atoms with van der Waals surface area (Å²) in [6.45, 7) is 3.23. The Morgan fingerprint density at radius 1 is 1.32 bits per heavy atom. The van der Waals surface area contributed by atoms with Crippen LogP contribution in [0.4, 0.5) is 0 Å². The zero-order chi connectivity index (χ0) is 14.3. The van der Waals surface area contributed by atoms with E-state index >= 15 is 0 Å². The fraction of sp³-hybridized carbons (Fsp3) is 0.462. The fourth-order valence-electron chi connectivity index (χ4n) is 1.64.